The van der Waals surface area contributed by atoms with Crippen molar-refractivity contribution < 1.29 is 0 Å². The Hall–Kier alpha value is -1.91. The molecule has 0 saturated carbocycles. The van der Waals surface area contributed by atoms with Crippen LogP contribution in [0, 0.1) is 6.92 Å². The van der Waals surface area contributed by atoms with Gasteiger partial charge < -0.3 is 5.73 Å². The summed E-state index contributed by atoms with van der Waals surface area (Å²) in [6.45, 7) is 6.15. The van der Waals surface area contributed by atoms with Crippen molar-refractivity contribution in [3.63, 3.8) is 0 Å². The van der Waals surface area contributed by atoms with Crippen LogP contribution in [0.2, 0.25) is 0 Å². The van der Waals surface area contributed by atoms with Crippen LogP contribution in [0.4, 0.5) is 5.95 Å². The molecule has 2 rings (SSSR count). The lowest BCUT2D eigenvalue weighted by atomic mass is 10.1. The maximum absolute atomic E-state index is 5.74. The molecule has 0 fully saturated rings. The number of nitrogens with two attached hydrogens (primary N) is 1. The molecule has 18 heavy (non-hydrogen) atoms. The maximum atomic E-state index is 5.74. The fourth-order valence-electron chi connectivity index (χ4n) is 2.29. The number of anilines is 1. The zero-order chi connectivity index (χ0) is 13.3. The molecule has 0 aliphatic heterocycles. The predicted molar refractivity (Wildman–Crippen MR) is 72.1 cm³/mol. The van der Waals surface area contributed by atoms with Crippen LogP contribution in [0.5, 0.6) is 0 Å². The van der Waals surface area contributed by atoms with E-state index in [9.17, 15) is 0 Å². The molecule has 0 saturated heterocycles. The number of hydrogen-bond acceptors (Lipinski definition) is 4. The van der Waals surface area contributed by atoms with Gasteiger partial charge in [0.05, 0.1) is 11.4 Å². The van der Waals surface area contributed by atoms with Crippen molar-refractivity contribution in [2.45, 2.75) is 33.6 Å². The monoisotopic (exact) mass is 245 g/mol. The number of nitrogens with zero attached hydrogens (tertiary/aromatic N) is 4. The first-order chi connectivity index (χ1) is 8.56. The normalized spacial score (nSPS) is 10.9. The first-order valence-electron chi connectivity index (χ1n) is 6.23. The second-order valence-electron chi connectivity index (χ2n) is 4.35. The number of aromatic nitrogens is 4. The smallest absolute Gasteiger partial charge is 0.220 e. The van der Waals surface area contributed by atoms with Gasteiger partial charge in [0.15, 0.2) is 0 Å². The summed E-state index contributed by atoms with van der Waals surface area (Å²) in [6, 6.07) is 1.96. The van der Waals surface area contributed by atoms with E-state index in [1.807, 2.05) is 24.7 Å². The Labute approximate surface area is 107 Å². The average Bonchev–Trinajstić information content (AvgIpc) is 2.64. The zero-order valence-electron chi connectivity index (χ0n) is 11.4. The summed E-state index contributed by atoms with van der Waals surface area (Å²) >= 11 is 0. The Morgan fingerprint density at radius 2 is 1.94 bits per heavy atom. The third-order valence-electron chi connectivity index (χ3n) is 3.04. The van der Waals surface area contributed by atoms with Crippen LogP contribution >= 0.6 is 0 Å². The van der Waals surface area contributed by atoms with Crippen molar-refractivity contribution in [2.24, 2.45) is 7.05 Å². The van der Waals surface area contributed by atoms with Crippen LogP contribution in [0.25, 0.3) is 11.3 Å². The van der Waals surface area contributed by atoms with Gasteiger partial charge in [-0.2, -0.15) is 5.10 Å². The quantitative estimate of drug-likeness (QED) is 0.896. The highest BCUT2D eigenvalue weighted by atomic mass is 15.3. The van der Waals surface area contributed by atoms with E-state index in [0.29, 0.717) is 5.95 Å². The lowest BCUT2D eigenvalue weighted by molar-refractivity contribution is 0.705. The van der Waals surface area contributed by atoms with Gasteiger partial charge in [-0.05, 0) is 25.8 Å². The Balaban J connectivity index is 2.68. The van der Waals surface area contributed by atoms with Crippen molar-refractivity contribution in [3.05, 3.63) is 23.1 Å². The number of aryl methyl sites for hydroxylation is 3. The van der Waals surface area contributed by atoms with Crippen LogP contribution in [0.15, 0.2) is 6.07 Å². The molecule has 0 aromatic carbocycles. The minimum atomic E-state index is 0.318. The Kier molecular flexibility index (Phi) is 3.32. The number of hydrogen-bond donors (Lipinski definition) is 1. The number of rotatable bonds is 3. The van der Waals surface area contributed by atoms with E-state index in [1.54, 1.807) is 0 Å². The molecule has 0 aliphatic carbocycles. The Bertz CT molecular complexity index is 551. The summed E-state index contributed by atoms with van der Waals surface area (Å²) in [7, 11) is 1.97. The number of nitrogen functional groups attached to an aromatic ring is 1. The first kappa shape index (κ1) is 12.5. The van der Waals surface area contributed by atoms with Gasteiger partial charge in [-0.3, -0.25) is 4.68 Å². The SMILES string of the molecule is CCc1nn(C)c(CC)c1-c1cc(C)nc(N)n1. The molecule has 96 valence electrons. The third kappa shape index (κ3) is 2.08. The highest BCUT2D eigenvalue weighted by Gasteiger charge is 2.17. The van der Waals surface area contributed by atoms with Crippen molar-refractivity contribution in [1.82, 2.24) is 19.7 Å². The van der Waals surface area contributed by atoms with Crippen LogP contribution < -0.4 is 5.73 Å². The zero-order valence-corrected chi connectivity index (χ0v) is 11.4. The fraction of sp³-hybridized carbons (Fsp3) is 0.462. The van der Waals surface area contributed by atoms with Crippen molar-refractivity contribution in [1.29, 1.82) is 0 Å². The average molecular weight is 245 g/mol. The van der Waals surface area contributed by atoms with E-state index in [4.69, 9.17) is 5.73 Å². The van der Waals surface area contributed by atoms with Gasteiger partial charge in [0, 0.05) is 24.0 Å². The van der Waals surface area contributed by atoms with E-state index >= 15 is 0 Å². The largest absolute Gasteiger partial charge is 0.368 e. The maximum Gasteiger partial charge on any atom is 0.220 e. The van der Waals surface area contributed by atoms with Crippen molar-refractivity contribution in [3.8, 4) is 11.3 Å². The topological polar surface area (TPSA) is 69.6 Å². The van der Waals surface area contributed by atoms with Gasteiger partial charge in [0.25, 0.3) is 0 Å². The van der Waals surface area contributed by atoms with E-state index in [-0.39, 0.29) is 0 Å². The van der Waals surface area contributed by atoms with Crippen LogP contribution in [0.3, 0.4) is 0 Å². The van der Waals surface area contributed by atoms with Gasteiger partial charge in [-0.15, -0.1) is 0 Å². The predicted octanol–water partition coefficient (Wildman–Crippen LogP) is 1.89. The Morgan fingerprint density at radius 3 is 2.50 bits per heavy atom. The molecule has 0 bridgehead atoms. The van der Waals surface area contributed by atoms with Crippen molar-refractivity contribution >= 4 is 5.95 Å². The summed E-state index contributed by atoms with van der Waals surface area (Å²) in [6.07, 6.45) is 1.80. The molecule has 0 spiro atoms. The summed E-state index contributed by atoms with van der Waals surface area (Å²) in [5, 5.41) is 4.55. The molecule has 0 unspecified atom stereocenters. The van der Waals surface area contributed by atoms with E-state index in [0.717, 1.165) is 35.5 Å². The standard InChI is InChI=1S/C13H19N5/c1-5-9-12(11(6-2)18(4)17-9)10-7-8(3)15-13(14)16-10/h7H,5-6H2,1-4H3,(H2,14,15,16). The van der Waals surface area contributed by atoms with Gasteiger partial charge in [-0.1, -0.05) is 13.8 Å². The molecule has 5 heteroatoms. The van der Waals surface area contributed by atoms with Crippen LogP contribution in [-0.4, -0.2) is 19.7 Å². The lowest BCUT2D eigenvalue weighted by Gasteiger charge is -2.06. The molecule has 0 aliphatic rings. The second-order valence-corrected chi connectivity index (χ2v) is 4.35. The fourth-order valence-corrected chi connectivity index (χ4v) is 2.29. The Morgan fingerprint density at radius 1 is 1.22 bits per heavy atom. The second kappa shape index (κ2) is 4.76. The molecule has 0 radical (unpaired) electrons. The molecular formula is C13H19N5. The molecule has 2 N–H and O–H groups in total. The summed E-state index contributed by atoms with van der Waals surface area (Å²) in [5.41, 5.74) is 10.9. The molecule has 2 aromatic rings. The summed E-state index contributed by atoms with van der Waals surface area (Å²) < 4.78 is 1.93. The van der Waals surface area contributed by atoms with Gasteiger partial charge >= 0.3 is 0 Å². The van der Waals surface area contributed by atoms with E-state index < -0.39 is 0 Å². The summed E-state index contributed by atoms with van der Waals surface area (Å²) in [5.74, 6) is 0.318. The van der Waals surface area contributed by atoms with E-state index in [2.05, 4.69) is 28.9 Å². The molecule has 2 aromatic heterocycles. The molecule has 0 amide bonds. The summed E-state index contributed by atoms with van der Waals surface area (Å²) in [4.78, 5) is 8.47. The van der Waals surface area contributed by atoms with Gasteiger partial charge in [0.2, 0.25) is 5.95 Å². The first-order valence-corrected chi connectivity index (χ1v) is 6.23. The van der Waals surface area contributed by atoms with Gasteiger partial charge in [0.1, 0.15) is 0 Å². The highest BCUT2D eigenvalue weighted by molar-refractivity contribution is 5.66. The minimum Gasteiger partial charge on any atom is -0.368 e. The lowest BCUT2D eigenvalue weighted by Crippen LogP contribution is -2.01. The highest BCUT2D eigenvalue weighted by Crippen LogP contribution is 2.27. The van der Waals surface area contributed by atoms with Crippen molar-refractivity contribution in [2.75, 3.05) is 5.73 Å². The molecule has 2 heterocycles. The molecular weight excluding hydrogens is 226 g/mol. The minimum absolute atomic E-state index is 0.318. The third-order valence-corrected chi connectivity index (χ3v) is 3.04. The molecule has 5 nitrogen and oxygen atoms in total. The van der Waals surface area contributed by atoms with Crippen LogP contribution in [0.1, 0.15) is 30.9 Å². The molecule has 0 atom stereocenters. The van der Waals surface area contributed by atoms with Crippen LogP contribution in [-0.2, 0) is 19.9 Å². The van der Waals surface area contributed by atoms with Gasteiger partial charge in [-0.25, -0.2) is 9.97 Å². The van der Waals surface area contributed by atoms with E-state index in [1.165, 1.54) is 5.69 Å².